The normalized spacial score (nSPS) is 18.9. The van der Waals surface area contributed by atoms with Gasteiger partial charge in [-0.15, -0.1) is 11.3 Å². The number of hydrogen-bond acceptors (Lipinski definition) is 3. The third kappa shape index (κ3) is 2.74. The van der Waals surface area contributed by atoms with Crippen LogP contribution in [0, 0.1) is 0 Å². The Kier molecular flexibility index (Phi) is 4.08. The van der Waals surface area contributed by atoms with E-state index in [0.29, 0.717) is 17.8 Å². The Labute approximate surface area is 124 Å². The number of phenolic OH excluding ortho intramolecular Hbond substituents is 1. The number of aromatic hydroxyl groups is 1. The number of phenols is 1. The zero-order chi connectivity index (χ0) is 13.9. The predicted octanol–water partition coefficient (Wildman–Crippen LogP) is 4.57. The number of nitrogens with one attached hydrogen (secondary N) is 1. The maximum absolute atomic E-state index is 9.58. The zero-order valence-electron chi connectivity index (χ0n) is 11.8. The van der Waals surface area contributed by atoms with Gasteiger partial charge in [0.15, 0.2) is 0 Å². The molecule has 0 bridgehead atoms. The highest BCUT2D eigenvalue weighted by molar-refractivity contribution is 7.10. The lowest BCUT2D eigenvalue weighted by atomic mass is 10.0. The molecule has 2 aromatic rings. The molecule has 0 saturated carbocycles. The molecule has 0 amide bonds. The first-order valence-corrected chi connectivity index (χ1v) is 8.27. The van der Waals surface area contributed by atoms with Crippen molar-refractivity contribution in [2.75, 3.05) is 0 Å². The van der Waals surface area contributed by atoms with E-state index in [9.17, 15) is 5.11 Å². The Morgan fingerprint density at radius 3 is 3.05 bits per heavy atom. The van der Waals surface area contributed by atoms with Crippen LogP contribution in [0.4, 0.5) is 0 Å². The van der Waals surface area contributed by atoms with E-state index >= 15 is 0 Å². The third-order valence-corrected chi connectivity index (χ3v) is 5.06. The van der Waals surface area contributed by atoms with Gasteiger partial charge in [0.25, 0.3) is 0 Å². The van der Waals surface area contributed by atoms with Gasteiger partial charge in [0.05, 0.1) is 0 Å². The minimum Gasteiger partial charge on any atom is -0.508 e. The summed E-state index contributed by atoms with van der Waals surface area (Å²) in [7, 11) is 0. The summed E-state index contributed by atoms with van der Waals surface area (Å²) in [4.78, 5) is 1.43. The lowest BCUT2D eigenvalue weighted by Gasteiger charge is -2.22. The first-order chi connectivity index (χ1) is 9.78. The molecular weight excluding hydrogens is 266 g/mol. The number of rotatable bonds is 5. The van der Waals surface area contributed by atoms with E-state index in [-0.39, 0.29) is 0 Å². The van der Waals surface area contributed by atoms with Gasteiger partial charge in [-0.25, -0.2) is 0 Å². The summed E-state index contributed by atoms with van der Waals surface area (Å²) in [5, 5.41) is 15.6. The van der Waals surface area contributed by atoms with Crippen LogP contribution >= 0.6 is 11.3 Å². The Morgan fingerprint density at radius 1 is 1.40 bits per heavy atom. The van der Waals surface area contributed by atoms with Crippen LogP contribution in [0.1, 0.15) is 54.3 Å². The maximum Gasteiger partial charge on any atom is 0.115 e. The van der Waals surface area contributed by atoms with Crippen LogP contribution in [0.3, 0.4) is 0 Å². The van der Waals surface area contributed by atoms with Crippen molar-refractivity contribution >= 4 is 11.3 Å². The average molecular weight is 287 g/mol. The van der Waals surface area contributed by atoms with Gasteiger partial charge in [0, 0.05) is 17.0 Å². The van der Waals surface area contributed by atoms with Crippen LogP contribution < -0.4 is 5.32 Å². The molecule has 1 aromatic heterocycles. The lowest BCUT2D eigenvalue weighted by molar-refractivity contribution is 0.423. The molecule has 0 aliphatic heterocycles. The van der Waals surface area contributed by atoms with Gasteiger partial charge in [-0.1, -0.05) is 25.5 Å². The van der Waals surface area contributed by atoms with E-state index in [0.717, 1.165) is 12.8 Å². The Bertz CT molecular complexity index is 564. The average Bonchev–Trinajstić information content (AvgIpc) is 3.07. The first-order valence-electron chi connectivity index (χ1n) is 7.39. The van der Waals surface area contributed by atoms with Crippen LogP contribution in [0.2, 0.25) is 0 Å². The molecule has 1 aliphatic rings. The SMILES string of the molecule is CCCC(NC1CCc2cc(O)ccc21)c1cccs1. The molecular formula is C17H21NOS. The van der Waals surface area contributed by atoms with Gasteiger partial charge >= 0.3 is 0 Å². The second-order valence-corrected chi connectivity index (χ2v) is 6.48. The topological polar surface area (TPSA) is 32.3 Å². The molecule has 2 unspecified atom stereocenters. The number of hydrogen-bond donors (Lipinski definition) is 2. The highest BCUT2D eigenvalue weighted by Gasteiger charge is 2.25. The molecule has 2 nitrogen and oxygen atoms in total. The van der Waals surface area contributed by atoms with Crippen molar-refractivity contribution in [3.05, 3.63) is 51.7 Å². The highest BCUT2D eigenvalue weighted by atomic mass is 32.1. The largest absolute Gasteiger partial charge is 0.508 e. The van der Waals surface area contributed by atoms with E-state index in [2.05, 4.69) is 35.8 Å². The quantitative estimate of drug-likeness (QED) is 0.844. The van der Waals surface area contributed by atoms with Crippen molar-refractivity contribution in [3.63, 3.8) is 0 Å². The maximum atomic E-state index is 9.58. The van der Waals surface area contributed by atoms with Crippen molar-refractivity contribution in [3.8, 4) is 5.75 Å². The van der Waals surface area contributed by atoms with Gasteiger partial charge in [-0.3, -0.25) is 0 Å². The van der Waals surface area contributed by atoms with Crippen molar-refractivity contribution in [2.45, 2.75) is 44.7 Å². The summed E-state index contributed by atoms with van der Waals surface area (Å²) in [5.74, 6) is 0.382. The molecule has 20 heavy (non-hydrogen) atoms. The van der Waals surface area contributed by atoms with E-state index in [4.69, 9.17) is 0 Å². The van der Waals surface area contributed by atoms with Gasteiger partial charge in [0.2, 0.25) is 0 Å². The minimum absolute atomic E-state index is 0.382. The summed E-state index contributed by atoms with van der Waals surface area (Å²) < 4.78 is 0. The fourth-order valence-electron chi connectivity index (χ4n) is 3.11. The summed E-state index contributed by atoms with van der Waals surface area (Å²) in [6.07, 6.45) is 4.55. The second kappa shape index (κ2) is 5.98. The minimum atomic E-state index is 0.382. The van der Waals surface area contributed by atoms with Gasteiger partial charge in [-0.2, -0.15) is 0 Å². The molecule has 1 aromatic carbocycles. The van der Waals surface area contributed by atoms with Crippen LogP contribution in [0.5, 0.6) is 5.75 Å². The Balaban J connectivity index is 1.78. The van der Waals surface area contributed by atoms with Gasteiger partial charge in [-0.05, 0) is 54.0 Å². The number of fused-ring (bicyclic) bond motifs is 1. The molecule has 2 N–H and O–H groups in total. The van der Waals surface area contributed by atoms with Crippen molar-refractivity contribution in [1.29, 1.82) is 0 Å². The van der Waals surface area contributed by atoms with E-state index in [1.165, 1.54) is 28.8 Å². The predicted molar refractivity (Wildman–Crippen MR) is 84.3 cm³/mol. The standard InChI is InChI=1S/C17H21NOS/c1-2-4-16(17-5-3-10-20-17)18-15-9-6-12-11-13(19)7-8-14(12)15/h3,5,7-8,10-11,15-16,18-19H,2,4,6,9H2,1H3. The molecule has 2 atom stereocenters. The van der Waals surface area contributed by atoms with Crippen LogP contribution in [0.25, 0.3) is 0 Å². The lowest BCUT2D eigenvalue weighted by Crippen LogP contribution is -2.24. The summed E-state index contributed by atoms with van der Waals surface area (Å²) in [6, 6.07) is 11.0. The summed E-state index contributed by atoms with van der Waals surface area (Å²) >= 11 is 1.84. The number of aryl methyl sites for hydroxylation is 1. The molecule has 0 fully saturated rings. The van der Waals surface area contributed by atoms with E-state index in [1.807, 2.05) is 17.4 Å². The third-order valence-electron chi connectivity index (χ3n) is 4.07. The molecule has 3 rings (SSSR count). The molecule has 106 valence electrons. The molecule has 3 heteroatoms. The molecule has 1 heterocycles. The van der Waals surface area contributed by atoms with Crippen molar-refractivity contribution in [2.24, 2.45) is 0 Å². The highest BCUT2D eigenvalue weighted by Crippen LogP contribution is 2.36. The molecule has 0 radical (unpaired) electrons. The Hall–Kier alpha value is -1.32. The van der Waals surface area contributed by atoms with Crippen LogP contribution in [-0.2, 0) is 6.42 Å². The fraction of sp³-hybridized carbons (Fsp3) is 0.412. The second-order valence-electron chi connectivity index (χ2n) is 5.50. The van der Waals surface area contributed by atoms with Gasteiger partial charge < -0.3 is 10.4 Å². The van der Waals surface area contributed by atoms with Crippen molar-refractivity contribution in [1.82, 2.24) is 5.32 Å². The molecule has 1 aliphatic carbocycles. The van der Waals surface area contributed by atoms with Crippen molar-refractivity contribution < 1.29 is 5.11 Å². The van der Waals surface area contributed by atoms with E-state index < -0.39 is 0 Å². The number of benzene rings is 1. The summed E-state index contributed by atoms with van der Waals surface area (Å²) in [5.41, 5.74) is 2.66. The monoisotopic (exact) mass is 287 g/mol. The number of thiophene rings is 1. The smallest absolute Gasteiger partial charge is 0.115 e. The molecule has 0 spiro atoms. The zero-order valence-corrected chi connectivity index (χ0v) is 12.6. The fourth-order valence-corrected chi connectivity index (χ4v) is 3.93. The first kappa shape index (κ1) is 13.7. The summed E-state index contributed by atoms with van der Waals surface area (Å²) in [6.45, 7) is 2.24. The van der Waals surface area contributed by atoms with Crippen LogP contribution in [0.15, 0.2) is 35.7 Å². The van der Waals surface area contributed by atoms with E-state index in [1.54, 1.807) is 6.07 Å². The Morgan fingerprint density at radius 2 is 2.30 bits per heavy atom. The van der Waals surface area contributed by atoms with Gasteiger partial charge in [0.1, 0.15) is 5.75 Å². The van der Waals surface area contributed by atoms with Crippen LogP contribution in [-0.4, -0.2) is 5.11 Å². The molecule has 0 saturated heterocycles.